The monoisotopic (exact) mass is 307 g/mol. The largest absolute Gasteiger partial charge is 0.417 e. The minimum Gasteiger partial charge on any atom is -0.410 e. The molecule has 0 atom stereocenters. The molecule has 0 saturated heterocycles. The van der Waals surface area contributed by atoms with Crippen LogP contribution in [0.5, 0.6) is 5.75 Å². The summed E-state index contributed by atoms with van der Waals surface area (Å²) in [4.78, 5) is 11.7. The van der Waals surface area contributed by atoms with Crippen molar-refractivity contribution < 1.29 is 17.9 Å². The van der Waals surface area contributed by atoms with Crippen LogP contribution in [-0.2, 0) is 10.2 Å². The molecule has 1 amide bonds. The first kappa shape index (κ1) is 14.8. The predicted molar refractivity (Wildman–Crippen MR) is 79.3 cm³/mol. The summed E-state index contributed by atoms with van der Waals surface area (Å²) < 4.78 is 29.0. The molecule has 0 aliphatic rings. The van der Waals surface area contributed by atoms with Crippen LogP contribution in [0.25, 0.3) is 0 Å². The number of rotatable bonds is 4. The van der Waals surface area contributed by atoms with Crippen molar-refractivity contribution in [3.8, 4) is 5.75 Å². The van der Waals surface area contributed by atoms with Crippen LogP contribution in [0.3, 0.4) is 0 Å². The lowest BCUT2D eigenvalue weighted by Gasteiger charge is -2.08. The summed E-state index contributed by atoms with van der Waals surface area (Å²) in [5, 5.41) is 7.35. The van der Waals surface area contributed by atoms with E-state index in [-0.39, 0.29) is 5.69 Å². The highest BCUT2D eigenvalue weighted by Crippen LogP contribution is 2.16. The summed E-state index contributed by atoms with van der Waals surface area (Å²) in [5.74, 6) is 0.397. The molecule has 0 unspecified atom stereocenters. The van der Waals surface area contributed by atoms with Gasteiger partial charge in [-0.15, -0.1) is 0 Å². The second-order valence-electron chi connectivity index (χ2n) is 4.06. The molecule has 21 heavy (non-hydrogen) atoms. The third kappa shape index (κ3) is 5.13. The van der Waals surface area contributed by atoms with Gasteiger partial charge in [0.05, 0.1) is 5.69 Å². The molecular weight excluding hydrogens is 294 g/mol. The molecule has 0 bridgehead atoms. The van der Waals surface area contributed by atoms with Gasteiger partial charge in [0.25, 0.3) is 10.2 Å². The third-order valence-corrected chi connectivity index (χ3v) is 2.84. The van der Waals surface area contributed by atoms with Crippen molar-refractivity contribution >= 4 is 27.7 Å². The fraction of sp³-hybridized carbons (Fsp3) is 0. The van der Waals surface area contributed by atoms with Crippen LogP contribution in [0, 0.1) is 0 Å². The molecule has 0 heterocycles. The molecule has 0 spiro atoms. The number of nitrogens with one attached hydrogen (secondary N) is 2. The van der Waals surface area contributed by atoms with Gasteiger partial charge >= 0.3 is 6.09 Å². The number of hydrogen-bond acceptors (Lipinski definition) is 4. The number of amides is 1. The number of ether oxygens (including phenoxy) is 1. The fourth-order valence-electron chi connectivity index (χ4n) is 1.56. The van der Waals surface area contributed by atoms with Gasteiger partial charge in [-0.05, 0) is 30.3 Å². The maximum absolute atomic E-state index is 11.7. The number of carbonyl (C=O) groups excluding carboxylic acids is 1. The summed E-state index contributed by atoms with van der Waals surface area (Å²) in [7, 11) is -3.86. The van der Waals surface area contributed by atoms with Gasteiger partial charge in [0.1, 0.15) is 5.75 Å². The lowest BCUT2D eigenvalue weighted by Crippen LogP contribution is -2.22. The average molecular weight is 307 g/mol. The molecule has 0 aromatic heterocycles. The zero-order chi connectivity index (χ0) is 15.3. The van der Waals surface area contributed by atoms with E-state index in [0.29, 0.717) is 11.4 Å². The predicted octanol–water partition coefficient (Wildman–Crippen LogP) is 1.91. The van der Waals surface area contributed by atoms with Gasteiger partial charge in [-0.2, -0.15) is 8.42 Å². The molecule has 110 valence electrons. The minimum atomic E-state index is -3.86. The highest BCUT2D eigenvalue weighted by molar-refractivity contribution is 7.90. The maximum Gasteiger partial charge on any atom is 0.417 e. The Hall–Kier alpha value is -2.58. The first-order chi connectivity index (χ1) is 9.92. The molecule has 2 aromatic rings. The molecule has 2 aromatic carbocycles. The van der Waals surface area contributed by atoms with E-state index >= 15 is 0 Å². The van der Waals surface area contributed by atoms with Crippen molar-refractivity contribution in [1.82, 2.24) is 0 Å². The molecule has 0 radical (unpaired) electrons. The molecule has 0 saturated carbocycles. The first-order valence-corrected chi connectivity index (χ1v) is 7.41. The van der Waals surface area contributed by atoms with Crippen molar-refractivity contribution in [2.75, 3.05) is 10.0 Å². The van der Waals surface area contributed by atoms with E-state index in [1.165, 1.54) is 12.1 Å². The van der Waals surface area contributed by atoms with E-state index in [2.05, 4.69) is 10.0 Å². The quantitative estimate of drug-likeness (QED) is 0.801. The Morgan fingerprint density at radius 3 is 2.33 bits per heavy atom. The third-order valence-electron chi connectivity index (χ3n) is 2.32. The molecule has 0 fully saturated rings. The van der Waals surface area contributed by atoms with Crippen LogP contribution in [0.2, 0.25) is 0 Å². The lowest BCUT2D eigenvalue weighted by molar-refractivity contribution is 0.215. The molecule has 8 heteroatoms. The van der Waals surface area contributed by atoms with E-state index in [1.807, 2.05) is 0 Å². The summed E-state index contributed by atoms with van der Waals surface area (Å²) in [5.41, 5.74) is 0.597. The summed E-state index contributed by atoms with van der Waals surface area (Å²) in [6, 6.07) is 14.6. The second kappa shape index (κ2) is 6.25. The van der Waals surface area contributed by atoms with Crippen molar-refractivity contribution in [2.45, 2.75) is 0 Å². The van der Waals surface area contributed by atoms with E-state index in [1.54, 1.807) is 42.5 Å². The van der Waals surface area contributed by atoms with E-state index in [4.69, 9.17) is 9.88 Å². The first-order valence-electron chi connectivity index (χ1n) is 5.87. The standard InChI is InChI=1S/C13H13N3O4S/c14-21(18,19)16-11-6-4-5-10(9-11)15-13(17)20-12-7-2-1-3-8-12/h1-9,16H,(H,15,17)(H2,14,18,19). The Morgan fingerprint density at radius 1 is 1.00 bits per heavy atom. The highest BCUT2D eigenvalue weighted by atomic mass is 32.2. The minimum absolute atomic E-state index is 0.231. The normalized spacial score (nSPS) is 10.7. The second-order valence-corrected chi connectivity index (χ2v) is 5.35. The number of para-hydroxylation sites is 1. The topological polar surface area (TPSA) is 111 Å². The Bertz CT molecular complexity index is 732. The fourth-order valence-corrected chi connectivity index (χ4v) is 2.02. The molecular formula is C13H13N3O4S. The number of hydrogen-bond donors (Lipinski definition) is 3. The van der Waals surface area contributed by atoms with Gasteiger partial charge < -0.3 is 4.74 Å². The van der Waals surface area contributed by atoms with Crippen LogP contribution in [-0.4, -0.2) is 14.5 Å². The molecule has 2 rings (SSSR count). The highest BCUT2D eigenvalue weighted by Gasteiger charge is 2.07. The maximum atomic E-state index is 11.7. The molecule has 0 aliphatic heterocycles. The van der Waals surface area contributed by atoms with E-state index < -0.39 is 16.3 Å². The number of carbonyl (C=O) groups is 1. The zero-order valence-corrected chi connectivity index (χ0v) is 11.6. The number of benzene rings is 2. The van der Waals surface area contributed by atoms with Crippen molar-refractivity contribution in [3.05, 3.63) is 54.6 Å². The van der Waals surface area contributed by atoms with Crippen LogP contribution in [0.1, 0.15) is 0 Å². The Labute approximate surface area is 121 Å². The van der Waals surface area contributed by atoms with Crippen LogP contribution in [0.4, 0.5) is 16.2 Å². The van der Waals surface area contributed by atoms with Crippen LogP contribution >= 0.6 is 0 Å². The van der Waals surface area contributed by atoms with Crippen molar-refractivity contribution in [3.63, 3.8) is 0 Å². The molecule has 0 aliphatic carbocycles. The van der Waals surface area contributed by atoms with Crippen LogP contribution in [0.15, 0.2) is 54.6 Å². The molecule has 4 N–H and O–H groups in total. The average Bonchev–Trinajstić information content (AvgIpc) is 2.38. The summed E-state index contributed by atoms with van der Waals surface area (Å²) in [6.07, 6.45) is -0.686. The van der Waals surface area contributed by atoms with Crippen molar-refractivity contribution in [1.29, 1.82) is 0 Å². The SMILES string of the molecule is NS(=O)(=O)Nc1cccc(NC(=O)Oc2ccccc2)c1. The lowest BCUT2D eigenvalue weighted by atomic mass is 10.3. The Morgan fingerprint density at radius 2 is 1.67 bits per heavy atom. The van der Waals surface area contributed by atoms with Gasteiger partial charge in [0, 0.05) is 5.69 Å². The van der Waals surface area contributed by atoms with Crippen molar-refractivity contribution in [2.24, 2.45) is 5.14 Å². The zero-order valence-electron chi connectivity index (χ0n) is 10.8. The number of anilines is 2. The smallest absolute Gasteiger partial charge is 0.410 e. The van der Waals surface area contributed by atoms with Gasteiger partial charge in [-0.3, -0.25) is 10.0 Å². The van der Waals surface area contributed by atoms with Gasteiger partial charge in [-0.25, -0.2) is 9.93 Å². The summed E-state index contributed by atoms with van der Waals surface area (Å²) in [6.45, 7) is 0. The number of nitrogens with two attached hydrogens (primary N) is 1. The van der Waals surface area contributed by atoms with Gasteiger partial charge in [0.2, 0.25) is 0 Å². The summed E-state index contributed by atoms with van der Waals surface area (Å²) >= 11 is 0. The molecule has 7 nitrogen and oxygen atoms in total. The Balaban J connectivity index is 2.02. The van der Waals surface area contributed by atoms with E-state index in [9.17, 15) is 13.2 Å². The van der Waals surface area contributed by atoms with Gasteiger partial charge in [0.15, 0.2) is 0 Å². The van der Waals surface area contributed by atoms with E-state index in [0.717, 1.165) is 0 Å². The van der Waals surface area contributed by atoms with Crippen LogP contribution < -0.4 is 19.9 Å². The Kier molecular flexibility index (Phi) is 4.41. The van der Waals surface area contributed by atoms with Gasteiger partial charge in [-0.1, -0.05) is 24.3 Å².